The fourth-order valence-electron chi connectivity index (χ4n) is 2.88. The standard InChI is InChI=1S/C15H21Cl2NO/c16-14-6-3-7-15(17)13(14)9-18-8-11-4-1-2-5-12(11)10-19/h3,6-7,11-12,18-19H,1-2,4-5,8-10H2. The number of hydrogen-bond acceptors (Lipinski definition) is 2. The number of rotatable bonds is 5. The molecule has 1 saturated carbocycles. The highest BCUT2D eigenvalue weighted by atomic mass is 35.5. The number of benzene rings is 1. The van der Waals surface area contributed by atoms with E-state index < -0.39 is 0 Å². The molecule has 0 amide bonds. The van der Waals surface area contributed by atoms with E-state index in [1.807, 2.05) is 18.2 Å². The second-order valence-corrected chi connectivity index (χ2v) is 6.13. The summed E-state index contributed by atoms with van der Waals surface area (Å²) in [7, 11) is 0. The van der Waals surface area contributed by atoms with Gasteiger partial charge in [0, 0.05) is 28.8 Å². The van der Waals surface area contributed by atoms with Crippen molar-refractivity contribution in [1.29, 1.82) is 0 Å². The lowest BCUT2D eigenvalue weighted by molar-refractivity contribution is 0.133. The first-order valence-electron chi connectivity index (χ1n) is 6.97. The summed E-state index contributed by atoms with van der Waals surface area (Å²) in [6.45, 7) is 1.92. The van der Waals surface area contributed by atoms with Crippen LogP contribution < -0.4 is 5.32 Å². The monoisotopic (exact) mass is 301 g/mol. The van der Waals surface area contributed by atoms with Crippen LogP contribution in [0.25, 0.3) is 0 Å². The van der Waals surface area contributed by atoms with E-state index in [1.165, 1.54) is 19.3 Å². The Labute approximate surface area is 125 Å². The first-order valence-corrected chi connectivity index (χ1v) is 7.72. The zero-order valence-corrected chi connectivity index (χ0v) is 12.6. The van der Waals surface area contributed by atoms with Crippen LogP contribution in [0.4, 0.5) is 0 Å². The van der Waals surface area contributed by atoms with Gasteiger partial charge in [-0.05, 0) is 43.4 Å². The highest BCUT2D eigenvalue weighted by Crippen LogP contribution is 2.29. The predicted molar refractivity (Wildman–Crippen MR) is 80.7 cm³/mol. The summed E-state index contributed by atoms with van der Waals surface area (Å²) in [5.41, 5.74) is 0.960. The molecule has 19 heavy (non-hydrogen) atoms. The maximum absolute atomic E-state index is 9.40. The second kappa shape index (κ2) is 7.49. The highest BCUT2D eigenvalue weighted by molar-refractivity contribution is 6.35. The summed E-state index contributed by atoms with van der Waals surface area (Å²) < 4.78 is 0. The van der Waals surface area contributed by atoms with Gasteiger partial charge in [0.25, 0.3) is 0 Å². The van der Waals surface area contributed by atoms with Crippen LogP contribution in [-0.4, -0.2) is 18.3 Å². The third kappa shape index (κ3) is 4.09. The number of hydrogen-bond donors (Lipinski definition) is 2. The van der Waals surface area contributed by atoms with E-state index >= 15 is 0 Å². The predicted octanol–water partition coefficient (Wildman–Crippen LogP) is 3.88. The Kier molecular flexibility index (Phi) is 5.96. The summed E-state index contributed by atoms with van der Waals surface area (Å²) in [4.78, 5) is 0. The van der Waals surface area contributed by atoms with E-state index in [-0.39, 0.29) is 0 Å². The van der Waals surface area contributed by atoms with E-state index in [0.717, 1.165) is 18.5 Å². The van der Waals surface area contributed by atoms with Crippen LogP contribution in [0.5, 0.6) is 0 Å². The zero-order chi connectivity index (χ0) is 13.7. The summed E-state index contributed by atoms with van der Waals surface area (Å²) in [5, 5.41) is 14.3. The lowest BCUT2D eigenvalue weighted by atomic mass is 9.79. The molecule has 0 radical (unpaired) electrons. The van der Waals surface area contributed by atoms with Gasteiger partial charge in [-0.25, -0.2) is 0 Å². The average molecular weight is 302 g/mol. The Balaban J connectivity index is 1.86. The van der Waals surface area contributed by atoms with Gasteiger partial charge < -0.3 is 10.4 Å². The first-order chi connectivity index (χ1) is 9.22. The Morgan fingerprint density at radius 3 is 2.37 bits per heavy atom. The summed E-state index contributed by atoms with van der Waals surface area (Å²) in [5.74, 6) is 1.02. The Hall–Kier alpha value is -0.280. The Morgan fingerprint density at radius 1 is 1.11 bits per heavy atom. The fourth-order valence-corrected chi connectivity index (χ4v) is 3.41. The van der Waals surface area contributed by atoms with Gasteiger partial charge in [-0.1, -0.05) is 42.1 Å². The van der Waals surface area contributed by atoms with Crippen molar-refractivity contribution in [3.8, 4) is 0 Å². The molecule has 0 saturated heterocycles. The molecule has 0 spiro atoms. The van der Waals surface area contributed by atoms with E-state index in [4.69, 9.17) is 23.2 Å². The number of aliphatic hydroxyl groups excluding tert-OH is 1. The van der Waals surface area contributed by atoms with E-state index in [9.17, 15) is 5.11 Å². The SMILES string of the molecule is OCC1CCCCC1CNCc1c(Cl)cccc1Cl. The molecule has 0 bridgehead atoms. The lowest BCUT2D eigenvalue weighted by Crippen LogP contribution is -2.32. The van der Waals surface area contributed by atoms with Crippen LogP contribution in [-0.2, 0) is 6.54 Å². The molecule has 1 fully saturated rings. The van der Waals surface area contributed by atoms with Crippen molar-refractivity contribution in [2.75, 3.05) is 13.2 Å². The van der Waals surface area contributed by atoms with Crippen molar-refractivity contribution >= 4 is 23.2 Å². The largest absolute Gasteiger partial charge is 0.396 e. The number of nitrogens with one attached hydrogen (secondary N) is 1. The van der Waals surface area contributed by atoms with Crippen LogP contribution >= 0.6 is 23.2 Å². The van der Waals surface area contributed by atoms with E-state index in [1.54, 1.807) is 0 Å². The minimum atomic E-state index is 0.305. The first kappa shape index (κ1) is 15.1. The van der Waals surface area contributed by atoms with Gasteiger partial charge >= 0.3 is 0 Å². The number of aliphatic hydroxyl groups is 1. The number of halogens is 2. The van der Waals surface area contributed by atoms with Gasteiger partial charge in [-0.2, -0.15) is 0 Å². The van der Waals surface area contributed by atoms with Crippen molar-refractivity contribution in [3.63, 3.8) is 0 Å². The molecule has 1 aliphatic carbocycles. The molecule has 2 N–H and O–H groups in total. The topological polar surface area (TPSA) is 32.3 Å². The molecule has 2 nitrogen and oxygen atoms in total. The molecule has 1 aromatic rings. The Morgan fingerprint density at radius 2 is 1.74 bits per heavy atom. The molecular formula is C15H21Cl2NO. The third-order valence-electron chi connectivity index (χ3n) is 4.07. The van der Waals surface area contributed by atoms with E-state index in [2.05, 4.69) is 5.32 Å². The lowest BCUT2D eigenvalue weighted by Gasteiger charge is -2.30. The van der Waals surface area contributed by atoms with Crippen molar-refractivity contribution in [2.24, 2.45) is 11.8 Å². The fraction of sp³-hybridized carbons (Fsp3) is 0.600. The van der Waals surface area contributed by atoms with Gasteiger partial charge in [0.1, 0.15) is 0 Å². The molecule has 1 aliphatic rings. The molecule has 4 heteroatoms. The molecule has 2 rings (SSSR count). The smallest absolute Gasteiger partial charge is 0.0465 e. The van der Waals surface area contributed by atoms with Crippen LogP contribution in [0, 0.1) is 11.8 Å². The van der Waals surface area contributed by atoms with Crippen molar-refractivity contribution in [2.45, 2.75) is 32.2 Å². The average Bonchev–Trinajstić information content (AvgIpc) is 2.42. The van der Waals surface area contributed by atoms with Gasteiger partial charge in [-0.15, -0.1) is 0 Å². The molecule has 1 aromatic carbocycles. The molecule has 0 aromatic heterocycles. The van der Waals surface area contributed by atoms with E-state index in [0.29, 0.717) is 35.0 Å². The van der Waals surface area contributed by atoms with Crippen molar-refractivity contribution in [3.05, 3.63) is 33.8 Å². The summed E-state index contributed by atoms with van der Waals surface area (Å²) in [6, 6.07) is 5.58. The Bertz CT molecular complexity index is 391. The minimum absolute atomic E-state index is 0.305. The van der Waals surface area contributed by atoms with Crippen LogP contribution in [0.3, 0.4) is 0 Å². The molecule has 0 aliphatic heterocycles. The summed E-state index contributed by atoms with van der Waals surface area (Å²) >= 11 is 12.3. The van der Waals surface area contributed by atoms with Gasteiger partial charge in [-0.3, -0.25) is 0 Å². The van der Waals surface area contributed by atoms with Gasteiger partial charge in [0.2, 0.25) is 0 Å². The van der Waals surface area contributed by atoms with Crippen LogP contribution in [0.1, 0.15) is 31.2 Å². The molecule has 106 valence electrons. The molecule has 0 heterocycles. The van der Waals surface area contributed by atoms with Crippen molar-refractivity contribution in [1.82, 2.24) is 5.32 Å². The summed E-state index contributed by atoms with van der Waals surface area (Å²) in [6.07, 6.45) is 4.87. The van der Waals surface area contributed by atoms with Crippen LogP contribution in [0.2, 0.25) is 10.0 Å². The van der Waals surface area contributed by atoms with Gasteiger partial charge in [0.05, 0.1) is 0 Å². The normalized spacial score (nSPS) is 23.5. The van der Waals surface area contributed by atoms with Crippen LogP contribution in [0.15, 0.2) is 18.2 Å². The molecule has 2 atom stereocenters. The van der Waals surface area contributed by atoms with Crippen molar-refractivity contribution < 1.29 is 5.11 Å². The maximum atomic E-state index is 9.40. The minimum Gasteiger partial charge on any atom is -0.396 e. The quantitative estimate of drug-likeness (QED) is 0.865. The van der Waals surface area contributed by atoms with Gasteiger partial charge in [0.15, 0.2) is 0 Å². The highest BCUT2D eigenvalue weighted by Gasteiger charge is 2.23. The second-order valence-electron chi connectivity index (χ2n) is 5.32. The third-order valence-corrected chi connectivity index (χ3v) is 4.78. The maximum Gasteiger partial charge on any atom is 0.0465 e. The zero-order valence-electron chi connectivity index (χ0n) is 11.0. The molecular weight excluding hydrogens is 281 g/mol. The molecule has 2 unspecified atom stereocenters.